The molecule has 5 heteroatoms. The Labute approximate surface area is 157 Å². The Hall–Kier alpha value is -2.53. The molecule has 4 rings (SSSR count). The van der Waals surface area contributed by atoms with Crippen LogP contribution in [0.15, 0.2) is 54.6 Å². The van der Waals surface area contributed by atoms with E-state index in [0.29, 0.717) is 43.4 Å². The van der Waals surface area contributed by atoms with Crippen LogP contribution in [0.1, 0.15) is 41.6 Å². The predicted octanol–water partition coefficient (Wildman–Crippen LogP) is 3.50. The zero-order valence-corrected chi connectivity index (χ0v) is 15.0. The van der Waals surface area contributed by atoms with Gasteiger partial charge in [-0.3, -0.25) is 14.5 Å². The topological polar surface area (TPSA) is 57.6 Å². The number of carbonyl (C=O) groups is 2. The van der Waals surface area contributed by atoms with Crippen molar-refractivity contribution in [3.05, 3.63) is 71.5 Å². The summed E-state index contributed by atoms with van der Waals surface area (Å²) in [5.74, 6) is -0.938. The molecule has 0 spiro atoms. The summed E-state index contributed by atoms with van der Waals surface area (Å²) in [5, 5.41) is 11.1. The number of fused-ring (bicyclic) bond motifs is 1. The number of nitrogens with zero attached hydrogens (tertiary/aromatic N) is 1. The molecular formula is C22H22FNO3. The van der Waals surface area contributed by atoms with E-state index in [2.05, 4.69) is 0 Å². The molecule has 1 N–H and O–H groups in total. The lowest BCUT2D eigenvalue weighted by Gasteiger charge is -2.45. The first-order valence-electron chi connectivity index (χ1n) is 9.37. The molecule has 0 bridgehead atoms. The van der Waals surface area contributed by atoms with Crippen LogP contribution in [0, 0.1) is 17.7 Å². The van der Waals surface area contributed by atoms with Gasteiger partial charge in [0, 0.05) is 18.0 Å². The van der Waals surface area contributed by atoms with Crippen molar-refractivity contribution in [3.8, 4) is 0 Å². The maximum atomic E-state index is 13.2. The molecule has 0 radical (unpaired) electrons. The molecule has 1 saturated carbocycles. The average Bonchev–Trinajstić information content (AvgIpc) is 2.69. The molecule has 27 heavy (non-hydrogen) atoms. The SMILES string of the molecule is O=C(c1ccccc1)N1CC[C@@H]2CC(O)(c3ccc(F)cc3)CC[C@H]2C1=O. The number of imide groups is 1. The lowest BCUT2D eigenvalue weighted by Crippen LogP contribution is -2.52. The Morgan fingerprint density at radius 1 is 1.07 bits per heavy atom. The van der Waals surface area contributed by atoms with E-state index >= 15 is 0 Å². The number of piperidine rings is 1. The van der Waals surface area contributed by atoms with E-state index in [1.807, 2.05) is 6.07 Å². The molecule has 1 heterocycles. The summed E-state index contributed by atoms with van der Waals surface area (Å²) >= 11 is 0. The van der Waals surface area contributed by atoms with Gasteiger partial charge >= 0.3 is 0 Å². The minimum absolute atomic E-state index is 0.0288. The third kappa shape index (κ3) is 3.28. The molecule has 1 unspecified atom stereocenters. The van der Waals surface area contributed by atoms with Crippen LogP contribution >= 0.6 is 0 Å². The number of amides is 2. The molecule has 140 valence electrons. The van der Waals surface area contributed by atoms with E-state index in [9.17, 15) is 19.1 Å². The number of likely N-dealkylation sites (tertiary alicyclic amines) is 1. The Balaban J connectivity index is 1.50. The number of carbonyl (C=O) groups excluding carboxylic acids is 2. The van der Waals surface area contributed by atoms with Gasteiger partial charge in [0.2, 0.25) is 5.91 Å². The highest BCUT2D eigenvalue weighted by atomic mass is 19.1. The number of aliphatic hydroxyl groups is 1. The van der Waals surface area contributed by atoms with Gasteiger partial charge in [-0.15, -0.1) is 0 Å². The van der Waals surface area contributed by atoms with Crippen molar-refractivity contribution in [1.29, 1.82) is 0 Å². The molecule has 4 nitrogen and oxygen atoms in total. The van der Waals surface area contributed by atoms with Gasteiger partial charge in [0.1, 0.15) is 5.82 Å². The van der Waals surface area contributed by atoms with Crippen LogP contribution < -0.4 is 0 Å². The second-order valence-electron chi connectivity index (χ2n) is 7.60. The number of benzene rings is 2. The fourth-order valence-electron chi connectivity index (χ4n) is 4.50. The number of rotatable bonds is 2. The van der Waals surface area contributed by atoms with Crippen LogP contribution in [0.5, 0.6) is 0 Å². The largest absolute Gasteiger partial charge is 0.385 e. The third-order valence-corrected chi connectivity index (χ3v) is 5.99. The van der Waals surface area contributed by atoms with Crippen molar-refractivity contribution in [1.82, 2.24) is 4.90 Å². The lowest BCUT2D eigenvalue weighted by molar-refractivity contribution is -0.144. The highest BCUT2D eigenvalue weighted by Gasteiger charge is 2.47. The van der Waals surface area contributed by atoms with E-state index < -0.39 is 5.60 Å². The van der Waals surface area contributed by atoms with Crippen LogP contribution in [0.2, 0.25) is 0 Å². The minimum atomic E-state index is -1.04. The summed E-state index contributed by atoms with van der Waals surface area (Å²) in [5.41, 5.74) is 0.168. The third-order valence-electron chi connectivity index (χ3n) is 5.99. The molecule has 1 aliphatic carbocycles. The maximum Gasteiger partial charge on any atom is 0.260 e. The van der Waals surface area contributed by atoms with E-state index in [4.69, 9.17) is 0 Å². The second-order valence-corrected chi connectivity index (χ2v) is 7.60. The second kappa shape index (κ2) is 6.89. The Morgan fingerprint density at radius 3 is 2.48 bits per heavy atom. The molecule has 1 aliphatic heterocycles. The van der Waals surface area contributed by atoms with Gasteiger partial charge in [-0.05, 0) is 61.4 Å². The Bertz CT molecular complexity index is 852. The van der Waals surface area contributed by atoms with Gasteiger partial charge in [0.15, 0.2) is 0 Å². The fraction of sp³-hybridized carbons (Fsp3) is 0.364. The van der Waals surface area contributed by atoms with Crippen molar-refractivity contribution in [2.24, 2.45) is 11.8 Å². The van der Waals surface area contributed by atoms with Gasteiger partial charge in [-0.2, -0.15) is 0 Å². The van der Waals surface area contributed by atoms with Gasteiger partial charge < -0.3 is 5.11 Å². The number of hydrogen-bond acceptors (Lipinski definition) is 3. The zero-order chi connectivity index (χ0) is 19.0. The molecule has 2 aromatic rings. The quantitative estimate of drug-likeness (QED) is 0.827. The van der Waals surface area contributed by atoms with Gasteiger partial charge in [0.05, 0.1) is 5.60 Å². The standard InChI is InChI=1S/C22H22FNO3/c23-18-8-6-17(7-9-18)22(27)12-10-19-16(14-22)11-13-24(21(19)26)20(25)15-4-2-1-3-5-15/h1-9,16,19,27H,10-14H2/t16-,19-,22?/m1/s1. The Morgan fingerprint density at radius 2 is 1.78 bits per heavy atom. The lowest BCUT2D eigenvalue weighted by atomic mass is 9.66. The fourth-order valence-corrected chi connectivity index (χ4v) is 4.50. The van der Waals surface area contributed by atoms with E-state index in [-0.39, 0.29) is 29.5 Å². The first-order valence-corrected chi connectivity index (χ1v) is 9.37. The monoisotopic (exact) mass is 367 g/mol. The average molecular weight is 367 g/mol. The Kier molecular flexibility index (Phi) is 4.56. The van der Waals surface area contributed by atoms with Crippen LogP contribution in [-0.4, -0.2) is 28.4 Å². The van der Waals surface area contributed by atoms with Crippen LogP contribution in [0.4, 0.5) is 4.39 Å². The van der Waals surface area contributed by atoms with Crippen LogP contribution in [0.25, 0.3) is 0 Å². The van der Waals surface area contributed by atoms with E-state index in [0.717, 1.165) is 0 Å². The van der Waals surface area contributed by atoms with Gasteiger partial charge in [-0.1, -0.05) is 30.3 Å². The summed E-state index contributed by atoms with van der Waals surface area (Å²) in [6.07, 6.45) is 2.09. The number of hydrogen-bond donors (Lipinski definition) is 1. The van der Waals surface area contributed by atoms with Crippen molar-refractivity contribution in [2.45, 2.75) is 31.3 Å². The first-order chi connectivity index (χ1) is 13.0. The summed E-state index contributed by atoms with van der Waals surface area (Å²) in [4.78, 5) is 27.0. The summed E-state index contributed by atoms with van der Waals surface area (Å²) in [6, 6.07) is 14.8. The molecule has 2 amide bonds. The number of halogens is 1. The highest BCUT2D eigenvalue weighted by molar-refractivity contribution is 6.05. The van der Waals surface area contributed by atoms with Crippen LogP contribution in [-0.2, 0) is 10.4 Å². The summed E-state index contributed by atoms with van der Waals surface area (Å²) in [6.45, 7) is 0.368. The molecular weight excluding hydrogens is 345 g/mol. The highest BCUT2D eigenvalue weighted by Crippen LogP contribution is 2.46. The smallest absolute Gasteiger partial charge is 0.260 e. The van der Waals surface area contributed by atoms with E-state index in [1.54, 1.807) is 36.4 Å². The molecule has 2 aliphatic rings. The van der Waals surface area contributed by atoms with Crippen LogP contribution in [0.3, 0.4) is 0 Å². The summed E-state index contributed by atoms with van der Waals surface area (Å²) in [7, 11) is 0. The predicted molar refractivity (Wildman–Crippen MR) is 98.2 cm³/mol. The van der Waals surface area contributed by atoms with E-state index in [1.165, 1.54) is 17.0 Å². The van der Waals surface area contributed by atoms with Crippen molar-refractivity contribution >= 4 is 11.8 Å². The van der Waals surface area contributed by atoms with Gasteiger partial charge in [0.25, 0.3) is 5.91 Å². The summed E-state index contributed by atoms with van der Waals surface area (Å²) < 4.78 is 13.2. The normalized spacial score (nSPS) is 27.9. The molecule has 2 aromatic carbocycles. The minimum Gasteiger partial charge on any atom is -0.385 e. The maximum absolute atomic E-state index is 13.2. The van der Waals surface area contributed by atoms with Crippen molar-refractivity contribution in [3.63, 3.8) is 0 Å². The molecule has 1 saturated heterocycles. The van der Waals surface area contributed by atoms with Crippen molar-refractivity contribution < 1.29 is 19.1 Å². The molecule has 3 atom stereocenters. The zero-order valence-electron chi connectivity index (χ0n) is 15.0. The molecule has 2 fully saturated rings. The van der Waals surface area contributed by atoms with Gasteiger partial charge in [-0.25, -0.2) is 4.39 Å². The van der Waals surface area contributed by atoms with Crippen molar-refractivity contribution in [2.75, 3.05) is 6.54 Å². The molecule has 0 aromatic heterocycles. The first kappa shape index (κ1) is 17.9.